The van der Waals surface area contributed by atoms with E-state index in [0.717, 1.165) is 79.3 Å². The van der Waals surface area contributed by atoms with E-state index in [1.165, 1.54) is 11.3 Å². The highest BCUT2D eigenvalue weighted by Crippen LogP contribution is 2.42. The fourth-order valence-electron chi connectivity index (χ4n) is 5.51. The summed E-state index contributed by atoms with van der Waals surface area (Å²) in [4.78, 5) is 11.9. The number of rotatable bonds is 8. The van der Waals surface area contributed by atoms with Crippen molar-refractivity contribution in [3.05, 3.63) is 96.2 Å². The molecule has 2 aliphatic rings. The van der Waals surface area contributed by atoms with Crippen LogP contribution in [0.2, 0.25) is 0 Å². The molecule has 1 N–H and O–H groups in total. The molecule has 6 rings (SSSR count). The number of nitrogens with one attached hydrogen (secondary N) is 1. The summed E-state index contributed by atoms with van der Waals surface area (Å²) >= 11 is 0. The molecule has 0 bridgehead atoms. The van der Waals surface area contributed by atoms with Crippen LogP contribution < -0.4 is 15.0 Å². The number of nitrogens with zero attached hydrogens (tertiary/aromatic N) is 4. The number of aromatic nitrogens is 1. The third-order valence-corrected chi connectivity index (χ3v) is 7.69. The van der Waals surface area contributed by atoms with Crippen molar-refractivity contribution in [2.24, 2.45) is 0 Å². The molecule has 3 aromatic carbocycles. The van der Waals surface area contributed by atoms with E-state index in [9.17, 15) is 0 Å². The van der Waals surface area contributed by atoms with E-state index in [1.54, 1.807) is 0 Å². The lowest BCUT2D eigenvalue weighted by atomic mass is 10.1. The third-order valence-electron chi connectivity index (χ3n) is 7.69. The summed E-state index contributed by atoms with van der Waals surface area (Å²) < 4.78 is 6.23. The SMILES string of the molecule is Cc1ccc2c(c1)NC(/C=C/c1cccc3cccnc13)N2c1cccc(OCCCN2CCN(C)CC2)c1. The van der Waals surface area contributed by atoms with Gasteiger partial charge in [-0.1, -0.05) is 42.5 Å². The minimum absolute atomic E-state index is 0.0340. The van der Waals surface area contributed by atoms with Crippen LogP contribution in [0.25, 0.3) is 17.0 Å². The molecule has 1 unspecified atom stereocenters. The topological polar surface area (TPSA) is 43.9 Å². The maximum Gasteiger partial charge on any atom is 0.123 e. The second-order valence-electron chi connectivity index (χ2n) is 10.6. The van der Waals surface area contributed by atoms with Crippen molar-refractivity contribution < 1.29 is 4.74 Å². The number of hydrogen-bond donors (Lipinski definition) is 1. The first kappa shape index (κ1) is 25.4. The first-order valence-corrected chi connectivity index (χ1v) is 14.0. The predicted octanol–water partition coefficient (Wildman–Crippen LogP) is 6.16. The van der Waals surface area contributed by atoms with Crippen LogP contribution in [0.1, 0.15) is 17.5 Å². The van der Waals surface area contributed by atoms with E-state index in [-0.39, 0.29) is 6.17 Å². The number of hydrogen-bond acceptors (Lipinski definition) is 6. The van der Waals surface area contributed by atoms with Gasteiger partial charge in [-0.3, -0.25) is 4.98 Å². The molecule has 0 radical (unpaired) electrons. The number of likely N-dealkylation sites (N-methyl/N-ethyl adjacent to an activating group) is 1. The third kappa shape index (κ3) is 5.77. The summed E-state index contributed by atoms with van der Waals surface area (Å²) in [6.07, 6.45) is 7.26. The van der Waals surface area contributed by atoms with Gasteiger partial charge in [-0.25, -0.2) is 0 Å². The summed E-state index contributed by atoms with van der Waals surface area (Å²) in [5.41, 5.74) is 6.77. The smallest absolute Gasteiger partial charge is 0.123 e. The molecule has 0 spiro atoms. The van der Waals surface area contributed by atoms with Crippen LogP contribution in [-0.4, -0.2) is 67.3 Å². The number of pyridine rings is 1. The number of ether oxygens (including phenoxy) is 1. The molecule has 3 heterocycles. The van der Waals surface area contributed by atoms with Gasteiger partial charge in [0.2, 0.25) is 0 Å². The minimum atomic E-state index is -0.0340. The Morgan fingerprint density at radius 3 is 2.72 bits per heavy atom. The van der Waals surface area contributed by atoms with Crippen molar-refractivity contribution in [1.82, 2.24) is 14.8 Å². The van der Waals surface area contributed by atoms with Gasteiger partial charge in [-0.05, 0) is 62.4 Å². The van der Waals surface area contributed by atoms with E-state index >= 15 is 0 Å². The summed E-state index contributed by atoms with van der Waals surface area (Å²) in [7, 11) is 2.20. The minimum Gasteiger partial charge on any atom is -0.493 e. The van der Waals surface area contributed by atoms with E-state index < -0.39 is 0 Å². The first-order chi connectivity index (χ1) is 19.1. The molecule has 6 heteroatoms. The zero-order chi connectivity index (χ0) is 26.6. The van der Waals surface area contributed by atoms with Crippen LogP contribution in [0, 0.1) is 6.92 Å². The van der Waals surface area contributed by atoms with Crippen molar-refractivity contribution in [1.29, 1.82) is 0 Å². The van der Waals surface area contributed by atoms with Gasteiger partial charge < -0.3 is 24.8 Å². The molecule has 0 saturated carbocycles. The van der Waals surface area contributed by atoms with Gasteiger partial charge in [0.15, 0.2) is 0 Å². The number of anilines is 3. The molecule has 1 saturated heterocycles. The van der Waals surface area contributed by atoms with Gasteiger partial charge in [0, 0.05) is 61.6 Å². The molecule has 1 fully saturated rings. The van der Waals surface area contributed by atoms with Crippen molar-refractivity contribution in [3.8, 4) is 5.75 Å². The molecule has 39 heavy (non-hydrogen) atoms. The maximum atomic E-state index is 6.23. The quantitative estimate of drug-likeness (QED) is 0.281. The Balaban J connectivity index is 1.20. The van der Waals surface area contributed by atoms with E-state index in [0.29, 0.717) is 0 Å². The average molecular weight is 520 g/mol. The summed E-state index contributed by atoms with van der Waals surface area (Å²) in [6.45, 7) is 8.55. The fourth-order valence-corrected chi connectivity index (χ4v) is 5.51. The summed E-state index contributed by atoms with van der Waals surface area (Å²) in [6, 6.07) is 25.5. The molecule has 0 amide bonds. The second kappa shape index (κ2) is 11.5. The summed E-state index contributed by atoms with van der Waals surface area (Å²) in [5.74, 6) is 0.910. The predicted molar refractivity (Wildman–Crippen MR) is 162 cm³/mol. The van der Waals surface area contributed by atoms with Crippen molar-refractivity contribution >= 4 is 34.0 Å². The molecule has 2 aliphatic heterocycles. The molecule has 1 atom stereocenters. The first-order valence-electron chi connectivity index (χ1n) is 14.0. The van der Waals surface area contributed by atoms with Crippen molar-refractivity contribution in [2.45, 2.75) is 19.5 Å². The van der Waals surface area contributed by atoms with Gasteiger partial charge in [0.1, 0.15) is 11.9 Å². The maximum absolute atomic E-state index is 6.23. The lowest BCUT2D eigenvalue weighted by molar-refractivity contribution is 0.145. The standard InChI is InChI=1S/C33H37N5O/c1-25-12-14-31-30(23-25)35-32(15-13-27-8-3-7-26-9-5-16-34-33(26)27)38(31)28-10-4-11-29(24-28)39-22-6-17-37-20-18-36(2)19-21-37/h3-5,7-16,23-24,32,35H,6,17-22H2,1-2H3/b15-13+. The number of para-hydroxylation sites is 1. The Bertz CT molecular complexity index is 1450. The fraction of sp³-hybridized carbons (Fsp3) is 0.303. The number of fused-ring (bicyclic) bond motifs is 2. The molecule has 4 aromatic rings. The van der Waals surface area contributed by atoms with Crippen LogP contribution in [0.5, 0.6) is 5.75 Å². The molecule has 0 aliphatic carbocycles. The number of benzene rings is 3. The lowest BCUT2D eigenvalue weighted by Crippen LogP contribution is -2.44. The molecule has 6 nitrogen and oxygen atoms in total. The van der Waals surface area contributed by atoms with Crippen LogP contribution in [0.15, 0.2) is 85.1 Å². The van der Waals surface area contributed by atoms with Gasteiger partial charge in [0.05, 0.1) is 23.5 Å². The number of aryl methyl sites for hydroxylation is 1. The van der Waals surface area contributed by atoms with Crippen LogP contribution >= 0.6 is 0 Å². The molecule has 1 aromatic heterocycles. The van der Waals surface area contributed by atoms with Crippen molar-refractivity contribution in [2.75, 3.05) is 56.6 Å². The van der Waals surface area contributed by atoms with Crippen LogP contribution in [0.3, 0.4) is 0 Å². The monoisotopic (exact) mass is 519 g/mol. The Kier molecular flexibility index (Phi) is 7.48. The highest BCUT2D eigenvalue weighted by molar-refractivity contribution is 5.88. The lowest BCUT2D eigenvalue weighted by Gasteiger charge is -2.32. The molecular formula is C33H37N5O. The zero-order valence-electron chi connectivity index (χ0n) is 22.9. The number of piperazine rings is 1. The van der Waals surface area contributed by atoms with Crippen LogP contribution in [0.4, 0.5) is 17.1 Å². The van der Waals surface area contributed by atoms with Crippen molar-refractivity contribution in [3.63, 3.8) is 0 Å². The largest absolute Gasteiger partial charge is 0.493 e. The molecule has 200 valence electrons. The Hall–Kier alpha value is -3.87. The van der Waals surface area contributed by atoms with Gasteiger partial charge in [-0.15, -0.1) is 0 Å². The Morgan fingerprint density at radius 2 is 1.82 bits per heavy atom. The highest BCUT2D eigenvalue weighted by Gasteiger charge is 2.28. The molecular weight excluding hydrogens is 482 g/mol. The van der Waals surface area contributed by atoms with Gasteiger partial charge in [0.25, 0.3) is 0 Å². The Morgan fingerprint density at radius 1 is 0.974 bits per heavy atom. The van der Waals surface area contributed by atoms with Crippen LogP contribution in [-0.2, 0) is 0 Å². The normalized spacial score (nSPS) is 18.0. The van der Waals surface area contributed by atoms with Gasteiger partial charge in [-0.2, -0.15) is 0 Å². The summed E-state index contributed by atoms with van der Waals surface area (Å²) in [5, 5.41) is 4.87. The van der Waals surface area contributed by atoms with Gasteiger partial charge >= 0.3 is 0 Å². The van der Waals surface area contributed by atoms with E-state index in [4.69, 9.17) is 4.74 Å². The zero-order valence-corrected chi connectivity index (χ0v) is 22.9. The van der Waals surface area contributed by atoms with E-state index in [1.807, 2.05) is 12.3 Å². The Labute approximate surface area is 231 Å². The van der Waals surface area contributed by atoms with E-state index in [2.05, 4.69) is 118 Å². The second-order valence-corrected chi connectivity index (χ2v) is 10.6. The average Bonchev–Trinajstić information content (AvgIpc) is 3.32. The highest BCUT2D eigenvalue weighted by atomic mass is 16.5.